The second kappa shape index (κ2) is 4.92. The molecule has 0 aromatic carbocycles. The van der Waals surface area contributed by atoms with Gasteiger partial charge in [-0.3, -0.25) is 0 Å². The number of halogens is 1. The zero-order valence-corrected chi connectivity index (χ0v) is 8.05. The summed E-state index contributed by atoms with van der Waals surface area (Å²) in [7, 11) is 1.92. The summed E-state index contributed by atoms with van der Waals surface area (Å²) in [6, 6.07) is 3.35. The molecule has 0 aliphatic heterocycles. The molecule has 0 saturated carbocycles. The summed E-state index contributed by atoms with van der Waals surface area (Å²) in [6.45, 7) is 3.08. The average Bonchev–Trinajstić information content (AvgIpc) is 2.04. The molecule has 0 bridgehead atoms. The summed E-state index contributed by atoms with van der Waals surface area (Å²) < 4.78 is 12.7. The Hall–Kier alpha value is -0.960. The Bertz CT molecular complexity index is 263. The lowest BCUT2D eigenvalue weighted by molar-refractivity contribution is 0.534. The highest BCUT2D eigenvalue weighted by molar-refractivity contribution is 5.11. The highest BCUT2D eigenvalue weighted by Crippen LogP contribution is 2.07. The third-order valence-electron chi connectivity index (χ3n) is 1.93. The molecule has 0 amide bonds. The first-order valence-corrected chi connectivity index (χ1v) is 4.47. The number of rotatable bonds is 4. The van der Waals surface area contributed by atoms with E-state index in [1.165, 1.54) is 12.3 Å². The molecular formula is C10H15FN2. The first-order chi connectivity index (χ1) is 6.22. The van der Waals surface area contributed by atoms with Crippen molar-refractivity contribution >= 4 is 0 Å². The molecule has 0 aliphatic rings. The van der Waals surface area contributed by atoms with Crippen LogP contribution in [0.25, 0.3) is 0 Å². The van der Waals surface area contributed by atoms with Crippen LogP contribution in [-0.4, -0.2) is 18.6 Å². The number of pyridine rings is 1. The lowest BCUT2D eigenvalue weighted by atomic mass is 10.0. The summed E-state index contributed by atoms with van der Waals surface area (Å²) in [5.74, 6) is 0.126. The van der Waals surface area contributed by atoms with Gasteiger partial charge in [0.25, 0.3) is 0 Å². The van der Waals surface area contributed by atoms with Crippen LogP contribution in [-0.2, 0) is 6.42 Å². The van der Waals surface area contributed by atoms with Crippen molar-refractivity contribution in [1.29, 1.82) is 0 Å². The Morgan fingerprint density at radius 2 is 2.38 bits per heavy atom. The molecule has 1 atom stereocenters. The molecule has 2 nitrogen and oxygen atoms in total. The molecule has 13 heavy (non-hydrogen) atoms. The molecule has 1 unspecified atom stereocenters. The fourth-order valence-electron chi connectivity index (χ4n) is 1.39. The van der Waals surface area contributed by atoms with Gasteiger partial charge in [-0.25, -0.2) is 4.98 Å². The fraction of sp³-hybridized carbons (Fsp3) is 0.500. The van der Waals surface area contributed by atoms with Gasteiger partial charge in [-0.1, -0.05) is 6.92 Å². The smallest absolute Gasteiger partial charge is 0.213 e. The summed E-state index contributed by atoms with van der Waals surface area (Å²) in [4.78, 5) is 3.51. The van der Waals surface area contributed by atoms with Gasteiger partial charge in [-0.15, -0.1) is 0 Å². The van der Waals surface area contributed by atoms with Gasteiger partial charge < -0.3 is 5.32 Å². The van der Waals surface area contributed by atoms with Crippen molar-refractivity contribution in [2.75, 3.05) is 13.6 Å². The van der Waals surface area contributed by atoms with Crippen molar-refractivity contribution in [1.82, 2.24) is 10.3 Å². The minimum absolute atomic E-state index is 0.394. The fourth-order valence-corrected chi connectivity index (χ4v) is 1.39. The summed E-state index contributed by atoms with van der Waals surface area (Å²) in [5.41, 5.74) is 1.01. The maximum atomic E-state index is 12.7. The number of nitrogens with zero attached hydrogens (tertiary/aromatic N) is 1. The molecular weight excluding hydrogens is 167 g/mol. The van der Waals surface area contributed by atoms with Crippen LogP contribution in [0.15, 0.2) is 18.3 Å². The van der Waals surface area contributed by atoms with Crippen molar-refractivity contribution in [3.63, 3.8) is 0 Å². The van der Waals surface area contributed by atoms with Crippen LogP contribution in [0.1, 0.15) is 12.5 Å². The highest BCUT2D eigenvalue weighted by atomic mass is 19.1. The van der Waals surface area contributed by atoms with E-state index >= 15 is 0 Å². The maximum absolute atomic E-state index is 12.7. The molecule has 3 heteroatoms. The minimum Gasteiger partial charge on any atom is -0.319 e. The molecule has 0 aliphatic carbocycles. The van der Waals surface area contributed by atoms with Crippen LogP contribution in [0.4, 0.5) is 4.39 Å². The topological polar surface area (TPSA) is 24.9 Å². The average molecular weight is 182 g/mol. The number of aromatic nitrogens is 1. The van der Waals surface area contributed by atoms with Gasteiger partial charge in [0.05, 0.1) is 0 Å². The summed E-state index contributed by atoms with van der Waals surface area (Å²) in [6.07, 6.45) is 2.40. The van der Waals surface area contributed by atoms with E-state index in [1.807, 2.05) is 13.1 Å². The summed E-state index contributed by atoms with van der Waals surface area (Å²) >= 11 is 0. The molecule has 1 aromatic heterocycles. The van der Waals surface area contributed by atoms with Gasteiger partial charge in [0, 0.05) is 6.20 Å². The molecule has 0 spiro atoms. The molecule has 0 saturated heterocycles. The van der Waals surface area contributed by atoms with Gasteiger partial charge in [-0.05, 0) is 43.6 Å². The predicted octanol–water partition coefficient (Wildman–Crippen LogP) is 1.62. The van der Waals surface area contributed by atoms with Crippen LogP contribution >= 0.6 is 0 Å². The summed E-state index contributed by atoms with van der Waals surface area (Å²) in [5, 5.41) is 3.09. The van der Waals surface area contributed by atoms with Crippen molar-refractivity contribution in [3.05, 3.63) is 29.8 Å². The van der Waals surface area contributed by atoms with Gasteiger partial charge in [0.15, 0.2) is 0 Å². The monoisotopic (exact) mass is 182 g/mol. The van der Waals surface area contributed by atoms with E-state index in [1.54, 1.807) is 0 Å². The van der Waals surface area contributed by atoms with Gasteiger partial charge in [0.2, 0.25) is 5.95 Å². The van der Waals surface area contributed by atoms with Gasteiger partial charge in [-0.2, -0.15) is 4.39 Å². The third-order valence-corrected chi connectivity index (χ3v) is 1.93. The second-order valence-corrected chi connectivity index (χ2v) is 3.35. The van der Waals surface area contributed by atoms with E-state index in [0.29, 0.717) is 5.92 Å². The number of hydrogen-bond acceptors (Lipinski definition) is 2. The van der Waals surface area contributed by atoms with Crippen LogP contribution in [0.2, 0.25) is 0 Å². The largest absolute Gasteiger partial charge is 0.319 e. The molecule has 1 rings (SSSR count). The Morgan fingerprint density at radius 3 is 3.00 bits per heavy atom. The van der Waals surface area contributed by atoms with E-state index in [-0.39, 0.29) is 0 Å². The maximum Gasteiger partial charge on any atom is 0.213 e. The minimum atomic E-state index is -0.394. The van der Waals surface area contributed by atoms with Gasteiger partial charge in [0.1, 0.15) is 0 Å². The second-order valence-electron chi connectivity index (χ2n) is 3.35. The molecule has 0 fully saturated rings. The Balaban J connectivity index is 2.53. The van der Waals surface area contributed by atoms with Crippen LogP contribution in [0, 0.1) is 11.9 Å². The molecule has 1 aromatic rings. The van der Waals surface area contributed by atoms with Crippen molar-refractivity contribution in [2.45, 2.75) is 13.3 Å². The molecule has 0 radical (unpaired) electrons. The third kappa shape index (κ3) is 3.51. The Morgan fingerprint density at radius 1 is 1.62 bits per heavy atom. The number of nitrogens with one attached hydrogen (secondary N) is 1. The SMILES string of the molecule is CNCC(C)Cc1ccnc(F)c1. The standard InChI is InChI=1S/C10H15FN2/c1-8(7-12-2)5-9-3-4-13-10(11)6-9/h3-4,6,8,12H,5,7H2,1-2H3. The first kappa shape index (κ1) is 10.1. The van der Waals surface area contributed by atoms with Crippen LogP contribution in [0.5, 0.6) is 0 Å². The normalized spacial score (nSPS) is 12.8. The lowest BCUT2D eigenvalue weighted by Crippen LogP contribution is -2.18. The predicted molar refractivity (Wildman–Crippen MR) is 51.0 cm³/mol. The molecule has 1 N–H and O–H groups in total. The van der Waals surface area contributed by atoms with E-state index < -0.39 is 5.95 Å². The van der Waals surface area contributed by atoms with E-state index in [9.17, 15) is 4.39 Å². The zero-order valence-electron chi connectivity index (χ0n) is 8.05. The van der Waals surface area contributed by atoms with Crippen LogP contribution < -0.4 is 5.32 Å². The number of hydrogen-bond donors (Lipinski definition) is 1. The van der Waals surface area contributed by atoms with E-state index in [2.05, 4.69) is 17.2 Å². The van der Waals surface area contributed by atoms with E-state index in [4.69, 9.17) is 0 Å². The highest BCUT2D eigenvalue weighted by Gasteiger charge is 2.03. The molecule has 72 valence electrons. The van der Waals surface area contributed by atoms with Gasteiger partial charge >= 0.3 is 0 Å². The Kier molecular flexibility index (Phi) is 3.83. The Labute approximate surface area is 78.2 Å². The van der Waals surface area contributed by atoms with Crippen LogP contribution in [0.3, 0.4) is 0 Å². The van der Waals surface area contributed by atoms with Crippen molar-refractivity contribution in [3.8, 4) is 0 Å². The lowest BCUT2D eigenvalue weighted by Gasteiger charge is -2.09. The van der Waals surface area contributed by atoms with Crippen molar-refractivity contribution < 1.29 is 4.39 Å². The quantitative estimate of drug-likeness (QED) is 0.716. The van der Waals surface area contributed by atoms with E-state index in [0.717, 1.165) is 18.5 Å². The van der Waals surface area contributed by atoms with Crippen molar-refractivity contribution in [2.24, 2.45) is 5.92 Å². The first-order valence-electron chi connectivity index (χ1n) is 4.47. The zero-order chi connectivity index (χ0) is 9.68. The molecule has 1 heterocycles.